The average Bonchev–Trinajstić information content (AvgIpc) is 2.49. The highest BCUT2D eigenvalue weighted by Crippen LogP contribution is 2.27. The number of rotatable bonds is 4. The van der Waals surface area contributed by atoms with E-state index in [0.717, 1.165) is 19.5 Å². The molecule has 1 unspecified atom stereocenters. The lowest BCUT2D eigenvalue weighted by atomic mass is 10.2. The monoisotopic (exact) mass is 394 g/mol. The minimum Gasteiger partial charge on any atom is -0.298 e. The van der Waals surface area contributed by atoms with E-state index >= 15 is 0 Å². The van der Waals surface area contributed by atoms with Crippen molar-refractivity contribution in [3.63, 3.8) is 0 Å². The van der Waals surface area contributed by atoms with E-state index in [2.05, 4.69) is 34.7 Å². The van der Waals surface area contributed by atoms with E-state index in [1.807, 2.05) is 0 Å². The van der Waals surface area contributed by atoms with Crippen LogP contribution in [0.1, 0.15) is 20.3 Å². The zero-order valence-corrected chi connectivity index (χ0v) is 15.4. The molecule has 0 spiro atoms. The van der Waals surface area contributed by atoms with Crippen molar-refractivity contribution in [2.45, 2.75) is 31.2 Å². The fraction of sp³-hybridized carbons (Fsp3) is 0.571. The second-order valence-electron chi connectivity index (χ2n) is 5.27. The lowest BCUT2D eigenvalue weighted by Crippen LogP contribution is -2.51. The van der Waals surface area contributed by atoms with Crippen LogP contribution >= 0.6 is 27.5 Å². The average molecular weight is 396 g/mol. The third-order valence-electron chi connectivity index (χ3n) is 4.02. The maximum Gasteiger partial charge on any atom is 0.243 e. The Morgan fingerprint density at radius 2 is 1.90 bits per heavy atom. The minimum atomic E-state index is -3.44. The maximum atomic E-state index is 12.6. The molecule has 1 heterocycles. The van der Waals surface area contributed by atoms with Crippen LogP contribution in [0, 0.1) is 0 Å². The quantitative estimate of drug-likeness (QED) is 0.786. The van der Waals surface area contributed by atoms with Gasteiger partial charge in [0.1, 0.15) is 0 Å². The number of piperazine rings is 1. The van der Waals surface area contributed by atoms with E-state index in [9.17, 15) is 8.42 Å². The summed E-state index contributed by atoms with van der Waals surface area (Å²) in [5.74, 6) is 0. The number of nitrogens with zero attached hydrogens (tertiary/aromatic N) is 2. The molecular weight excluding hydrogens is 376 g/mol. The van der Waals surface area contributed by atoms with Crippen molar-refractivity contribution in [3.05, 3.63) is 27.7 Å². The molecular formula is C14H20BrClN2O2S. The van der Waals surface area contributed by atoms with Gasteiger partial charge in [-0.05, 0) is 47.5 Å². The Kier molecular flexibility index (Phi) is 5.71. The molecule has 1 aromatic carbocycles. The van der Waals surface area contributed by atoms with Crippen molar-refractivity contribution >= 4 is 37.6 Å². The van der Waals surface area contributed by atoms with Crippen LogP contribution in [0.3, 0.4) is 0 Å². The van der Waals surface area contributed by atoms with Crippen LogP contribution in [0.5, 0.6) is 0 Å². The van der Waals surface area contributed by atoms with Crippen LogP contribution in [0.25, 0.3) is 0 Å². The van der Waals surface area contributed by atoms with Gasteiger partial charge >= 0.3 is 0 Å². The molecule has 1 aliphatic heterocycles. The van der Waals surface area contributed by atoms with Crippen molar-refractivity contribution in [2.24, 2.45) is 0 Å². The molecule has 0 radical (unpaired) electrons. The molecule has 1 fully saturated rings. The fourth-order valence-corrected chi connectivity index (χ4v) is 4.53. The van der Waals surface area contributed by atoms with E-state index in [-0.39, 0.29) is 4.90 Å². The Morgan fingerprint density at radius 3 is 2.43 bits per heavy atom. The summed E-state index contributed by atoms with van der Waals surface area (Å²) in [4.78, 5) is 2.62. The third-order valence-corrected chi connectivity index (χ3v) is 7.12. The first kappa shape index (κ1) is 17.2. The SMILES string of the molecule is CCC(C)N1CCN(S(=O)(=O)c2ccc(Cl)c(Br)c2)CC1. The summed E-state index contributed by atoms with van der Waals surface area (Å²) in [6, 6.07) is 5.23. The number of sulfonamides is 1. The van der Waals surface area contributed by atoms with Gasteiger partial charge in [0, 0.05) is 36.7 Å². The van der Waals surface area contributed by atoms with E-state index < -0.39 is 10.0 Å². The Hall–Kier alpha value is -0.140. The second kappa shape index (κ2) is 6.96. The van der Waals surface area contributed by atoms with Crippen molar-refractivity contribution in [1.82, 2.24) is 9.21 Å². The molecule has 4 nitrogen and oxygen atoms in total. The number of hydrogen-bond acceptors (Lipinski definition) is 3. The van der Waals surface area contributed by atoms with Gasteiger partial charge in [0.15, 0.2) is 0 Å². The molecule has 1 aliphatic rings. The zero-order chi connectivity index (χ0) is 15.6. The molecule has 7 heteroatoms. The van der Waals surface area contributed by atoms with Crippen LogP contribution in [0.15, 0.2) is 27.6 Å². The van der Waals surface area contributed by atoms with Crippen LogP contribution in [0.2, 0.25) is 5.02 Å². The largest absolute Gasteiger partial charge is 0.298 e. The first-order valence-corrected chi connectivity index (χ1v) is 9.66. The van der Waals surface area contributed by atoms with E-state index in [1.54, 1.807) is 22.5 Å². The van der Waals surface area contributed by atoms with Crippen molar-refractivity contribution in [1.29, 1.82) is 0 Å². The smallest absolute Gasteiger partial charge is 0.243 e. The summed E-state index contributed by atoms with van der Waals surface area (Å²) in [5.41, 5.74) is 0. The van der Waals surface area contributed by atoms with Crippen LogP contribution in [-0.4, -0.2) is 49.8 Å². The molecule has 1 atom stereocenters. The predicted molar refractivity (Wildman–Crippen MR) is 89.2 cm³/mol. The topological polar surface area (TPSA) is 40.6 Å². The predicted octanol–water partition coefficient (Wildman–Crippen LogP) is 3.21. The normalized spacial score (nSPS) is 19.6. The summed E-state index contributed by atoms with van der Waals surface area (Å²) in [6.45, 7) is 6.96. The molecule has 0 bridgehead atoms. The van der Waals surface area contributed by atoms with Gasteiger partial charge in [-0.15, -0.1) is 0 Å². The fourth-order valence-electron chi connectivity index (χ4n) is 2.43. The Labute approximate surface area is 140 Å². The Morgan fingerprint density at radius 1 is 1.29 bits per heavy atom. The van der Waals surface area contributed by atoms with Gasteiger partial charge in [0.25, 0.3) is 0 Å². The van der Waals surface area contributed by atoms with Crippen molar-refractivity contribution < 1.29 is 8.42 Å². The zero-order valence-electron chi connectivity index (χ0n) is 12.2. The van der Waals surface area contributed by atoms with Crippen molar-refractivity contribution in [2.75, 3.05) is 26.2 Å². The molecule has 0 aliphatic carbocycles. The molecule has 2 rings (SSSR count). The molecule has 0 aromatic heterocycles. The van der Waals surface area contributed by atoms with Crippen molar-refractivity contribution in [3.8, 4) is 0 Å². The number of hydrogen-bond donors (Lipinski definition) is 0. The van der Waals surface area contributed by atoms with Gasteiger partial charge in [-0.25, -0.2) is 8.42 Å². The summed E-state index contributed by atoms with van der Waals surface area (Å²) in [6.07, 6.45) is 1.08. The highest BCUT2D eigenvalue weighted by Gasteiger charge is 2.29. The molecule has 21 heavy (non-hydrogen) atoms. The number of halogens is 2. The molecule has 0 amide bonds. The summed E-state index contributed by atoms with van der Waals surface area (Å²) < 4.78 is 27.4. The minimum absolute atomic E-state index is 0.288. The molecule has 0 saturated carbocycles. The molecule has 0 N–H and O–H groups in total. The van der Waals surface area contributed by atoms with E-state index in [0.29, 0.717) is 28.6 Å². The van der Waals surface area contributed by atoms with Gasteiger partial charge in [0.2, 0.25) is 10.0 Å². The van der Waals surface area contributed by atoms with Gasteiger partial charge in [-0.2, -0.15) is 4.31 Å². The van der Waals surface area contributed by atoms with Crippen LogP contribution < -0.4 is 0 Å². The highest BCUT2D eigenvalue weighted by molar-refractivity contribution is 9.10. The lowest BCUT2D eigenvalue weighted by Gasteiger charge is -2.37. The van der Waals surface area contributed by atoms with E-state index in [4.69, 9.17) is 11.6 Å². The first-order valence-electron chi connectivity index (χ1n) is 7.05. The van der Waals surface area contributed by atoms with Crippen LogP contribution in [-0.2, 0) is 10.0 Å². The standard InChI is InChI=1S/C14H20BrClN2O2S/c1-3-11(2)17-6-8-18(9-7-17)21(19,20)12-4-5-14(16)13(15)10-12/h4-5,10-11H,3,6-9H2,1-2H3. The van der Waals surface area contributed by atoms with Gasteiger partial charge in [-0.3, -0.25) is 4.90 Å². The second-order valence-corrected chi connectivity index (χ2v) is 8.47. The number of benzene rings is 1. The first-order chi connectivity index (χ1) is 9.86. The lowest BCUT2D eigenvalue weighted by molar-refractivity contribution is 0.142. The van der Waals surface area contributed by atoms with Crippen LogP contribution in [0.4, 0.5) is 0 Å². The highest BCUT2D eigenvalue weighted by atomic mass is 79.9. The van der Waals surface area contributed by atoms with Gasteiger partial charge in [0.05, 0.1) is 9.92 Å². The Bertz CT molecular complexity index is 601. The summed E-state index contributed by atoms with van der Waals surface area (Å²) in [5, 5.41) is 0.510. The third kappa shape index (κ3) is 3.79. The maximum absolute atomic E-state index is 12.6. The van der Waals surface area contributed by atoms with Gasteiger partial charge < -0.3 is 0 Å². The Balaban J connectivity index is 2.13. The molecule has 1 saturated heterocycles. The summed E-state index contributed by atoms with van der Waals surface area (Å²) in [7, 11) is -3.44. The summed E-state index contributed by atoms with van der Waals surface area (Å²) >= 11 is 9.20. The van der Waals surface area contributed by atoms with E-state index in [1.165, 1.54) is 0 Å². The molecule has 1 aromatic rings. The van der Waals surface area contributed by atoms with Gasteiger partial charge in [-0.1, -0.05) is 18.5 Å². The molecule has 118 valence electrons.